The maximum absolute atomic E-state index is 13.5. The van der Waals surface area contributed by atoms with Crippen molar-refractivity contribution in [3.05, 3.63) is 95.6 Å². The number of benzene rings is 3. The van der Waals surface area contributed by atoms with Crippen LogP contribution in [0.1, 0.15) is 16.7 Å². The summed E-state index contributed by atoms with van der Waals surface area (Å²) in [7, 11) is 0. The topological polar surface area (TPSA) is 191 Å². The van der Waals surface area contributed by atoms with Crippen LogP contribution >= 0.6 is 0 Å². The van der Waals surface area contributed by atoms with Gasteiger partial charge in [0.05, 0.1) is 6.04 Å². The smallest absolute Gasteiger partial charge is 0.322 e. The molecule has 0 radical (unpaired) electrons. The van der Waals surface area contributed by atoms with E-state index < -0.39 is 48.4 Å². The van der Waals surface area contributed by atoms with E-state index in [1.54, 1.807) is 54.6 Å². The second kappa shape index (κ2) is 14.3. The molecule has 3 aromatic carbocycles. The molecule has 0 aliphatic carbocycles. The van der Waals surface area contributed by atoms with Gasteiger partial charge in [0, 0.05) is 12.8 Å². The van der Waals surface area contributed by atoms with Gasteiger partial charge in [-0.2, -0.15) is 0 Å². The molecule has 40 heavy (non-hydrogen) atoms. The quantitative estimate of drug-likeness (QED) is 0.162. The number of carbonyl (C=O) groups excluding carboxylic acids is 3. The Kier molecular flexibility index (Phi) is 10.6. The van der Waals surface area contributed by atoms with Crippen LogP contribution in [0.25, 0.3) is 0 Å². The molecular formula is C29H32N4O7. The molecule has 11 heteroatoms. The highest BCUT2D eigenvalue weighted by Gasteiger charge is 2.29. The van der Waals surface area contributed by atoms with Crippen LogP contribution < -0.4 is 21.7 Å². The molecule has 0 heterocycles. The Bertz CT molecular complexity index is 1300. The third-order valence-corrected chi connectivity index (χ3v) is 6.07. The van der Waals surface area contributed by atoms with E-state index in [2.05, 4.69) is 16.0 Å². The zero-order chi connectivity index (χ0) is 29.1. The first-order chi connectivity index (χ1) is 19.1. The Morgan fingerprint density at radius 1 is 0.625 bits per heavy atom. The summed E-state index contributed by atoms with van der Waals surface area (Å²) >= 11 is 0. The molecule has 3 atom stereocenters. The van der Waals surface area contributed by atoms with Crippen LogP contribution in [0, 0.1) is 0 Å². The number of rotatable bonds is 13. The fourth-order valence-corrected chi connectivity index (χ4v) is 3.95. The third kappa shape index (κ3) is 9.44. The molecule has 8 N–H and O–H groups in total. The van der Waals surface area contributed by atoms with E-state index in [0.29, 0.717) is 11.1 Å². The third-order valence-electron chi connectivity index (χ3n) is 6.07. The first-order valence-corrected chi connectivity index (χ1v) is 12.6. The predicted octanol–water partition coefficient (Wildman–Crippen LogP) is 0.623. The zero-order valence-corrected chi connectivity index (χ0v) is 21.6. The van der Waals surface area contributed by atoms with Crippen LogP contribution in [0.4, 0.5) is 0 Å². The van der Waals surface area contributed by atoms with Gasteiger partial charge in [-0.1, -0.05) is 54.6 Å². The average molecular weight is 549 g/mol. The Morgan fingerprint density at radius 3 is 1.60 bits per heavy atom. The number of carbonyl (C=O) groups is 4. The Balaban J connectivity index is 1.79. The van der Waals surface area contributed by atoms with E-state index in [-0.39, 0.29) is 30.8 Å². The highest BCUT2D eigenvalue weighted by Crippen LogP contribution is 2.14. The molecule has 3 rings (SSSR count). The number of carboxylic acids is 1. The highest BCUT2D eigenvalue weighted by atomic mass is 16.4. The van der Waals surface area contributed by atoms with Crippen LogP contribution in [0.2, 0.25) is 0 Å². The van der Waals surface area contributed by atoms with E-state index in [9.17, 15) is 29.4 Å². The number of nitrogens with one attached hydrogen (secondary N) is 3. The van der Waals surface area contributed by atoms with Gasteiger partial charge in [0.25, 0.3) is 0 Å². The van der Waals surface area contributed by atoms with Crippen LogP contribution in [0.15, 0.2) is 78.9 Å². The van der Waals surface area contributed by atoms with Gasteiger partial charge in [-0.25, -0.2) is 0 Å². The van der Waals surface area contributed by atoms with E-state index in [1.165, 1.54) is 24.3 Å². The first kappa shape index (κ1) is 29.7. The number of hydrogen-bond donors (Lipinski definition) is 7. The molecule has 0 bridgehead atoms. The first-order valence-electron chi connectivity index (χ1n) is 12.6. The van der Waals surface area contributed by atoms with Gasteiger partial charge < -0.3 is 37.0 Å². The second-order valence-electron chi connectivity index (χ2n) is 9.27. The molecule has 0 saturated carbocycles. The number of phenolic OH excluding ortho intramolecular Hbond substituents is 2. The van der Waals surface area contributed by atoms with Gasteiger partial charge in [0.1, 0.15) is 30.1 Å². The molecule has 3 aromatic rings. The molecule has 3 amide bonds. The summed E-state index contributed by atoms with van der Waals surface area (Å²) < 4.78 is 0. The molecule has 3 unspecified atom stereocenters. The van der Waals surface area contributed by atoms with Crippen molar-refractivity contribution in [1.29, 1.82) is 0 Å². The lowest BCUT2D eigenvalue weighted by molar-refractivity contribution is -0.138. The molecular weight excluding hydrogens is 516 g/mol. The lowest BCUT2D eigenvalue weighted by Gasteiger charge is -2.24. The summed E-state index contributed by atoms with van der Waals surface area (Å²) in [5.41, 5.74) is 8.17. The predicted molar refractivity (Wildman–Crippen MR) is 146 cm³/mol. The standard InChI is InChI=1S/C29H32N4O7/c30-23(14-19-6-10-21(34)11-7-19)27(38)32-25(16-20-8-12-22(35)13-9-20)29(40)33-24(28(39)31-17-26(36)37)15-18-4-2-1-3-5-18/h1-13,23-25,34-35H,14-17,30H2,(H,31,39)(H,32,38)(H,33,40)(H,36,37). The van der Waals surface area contributed by atoms with Gasteiger partial charge in [0.15, 0.2) is 0 Å². The van der Waals surface area contributed by atoms with Gasteiger partial charge in [0.2, 0.25) is 17.7 Å². The van der Waals surface area contributed by atoms with Crippen molar-refractivity contribution in [2.45, 2.75) is 37.4 Å². The molecule has 210 valence electrons. The molecule has 0 fully saturated rings. The largest absolute Gasteiger partial charge is 0.508 e. The van der Waals surface area contributed by atoms with Gasteiger partial charge in [-0.15, -0.1) is 0 Å². The van der Waals surface area contributed by atoms with Crippen molar-refractivity contribution in [2.24, 2.45) is 5.73 Å². The monoisotopic (exact) mass is 548 g/mol. The van der Waals surface area contributed by atoms with Crippen molar-refractivity contribution < 1.29 is 34.5 Å². The normalized spacial score (nSPS) is 12.9. The zero-order valence-electron chi connectivity index (χ0n) is 21.6. The number of aromatic hydroxyl groups is 2. The number of phenols is 2. The Morgan fingerprint density at radius 2 is 1.07 bits per heavy atom. The molecule has 0 saturated heterocycles. The fraction of sp³-hybridized carbons (Fsp3) is 0.241. The molecule has 0 aliphatic heterocycles. The summed E-state index contributed by atoms with van der Waals surface area (Å²) in [5, 5.41) is 35.6. The average Bonchev–Trinajstić information content (AvgIpc) is 2.93. The van der Waals surface area contributed by atoms with Gasteiger partial charge in [-0.3, -0.25) is 19.2 Å². The lowest BCUT2D eigenvalue weighted by atomic mass is 10.0. The van der Waals surface area contributed by atoms with E-state index in [1.807, 2.05) is 0 Å². The van der Waals surface area contributed by atoms with Crippen molar-refractivity contribution >= 4 is 23.7 Å². The Labute approximate surface area is 231 Å². The second-order valence-corrected chi connectivity index (χ2v) is 9.27. The minimum atomic E-state index is -1.24. The van der Waals surface area contributed by atoms with Crippen LogP contribution in [-0.4, -0.2) is 63.7 Å². The number of carboxylic acid groups (broad SMARTS) is 1. The number of nitrogens with two attached hydrogens (primary N) is 1. The maximum atomic E-state index is 13.5. The van der Waals surface area contributed by atoms with E-state index in [4.69, 9.17) is 10.8 Å². The Hall–Kier alpha value is -4.90. The van der Waals surface area contributed by atoms with E-state index >= 15 is 0 Å². The van der Waals surface area contributed by atoms with Crippen molar-refractivity contribution in [3.8, 4) is 11.5 Å². The summed E-state index contributed by atoms with van der Waals surface area (Å²) in [5.74, 6) is -3.12. The van der Waals surface area contributed by atoms with Gasteiger partial charge >= 0.3 is 5.97 Å². The maximum Gasteiger partial charge on any atom is 0.322 e. The fourth-order valence-electron chi connectivity index (χ4n) is 3.95. The summed E-state index contributed by atoms with van der Waals surface area (Å²) in [6, 6.07) is 17.9. The molecule has 0 aliphatic rings. The summed E-state index contributed by atoms with van der Waals surface area (Å²) in [6.07, 6.45) is 0.255. The molecule has 11 nitrogen and oxygen atoms in total. The summed E-state index contributed by atoms with van der Waals surface area (Å²) in [4.78, 5) is 50.3. The van der Waals surface area contributed by atoms with Crippen molar-refractivity contribution in [1.82, 2.24) is 16.0 Å². The highest BCUT2D eigenvalue weighted by molar-refractivity contribution is 5.94. The SMILES string of the molecule is NC(Cc1ccc(O)cc1)C(=O)NC(Cc1ccc(O)cc1)C(=O)NC(Cc1ccccc1)C(=O)NCC(=O)O. The van der Waals surface area contributed by atoms with Crippen molar-refractivity contribution in [3.63, 3.8) is 0 Å². The van der Waals surface area contributed by atoms with Crippen LogP contribution in [0.5, 0.6) is 11.5 Å². The number of hydrogen-bond acceptors (Lipinski definition) is 7. The number of amides is 3. The summed E-state index contributed by atoms with van der Waals surface area (Å²) in [6.45, 7) is -0.625. The molecule has 0 spiro atoms. The number of aliphatic carboxylic acids is 1. The molecule has 0 aromatic heterocycles. The minimum absolute atomic E-state index is 0.0264. The van der Waals surface area contributed by atoms with Crippen LogP contribution in [0.3, 0.4) is 0 Å². The van der Waals surface area contributed by atoms with Gasteiger partial charge in [-0.05, 0) is 47.4 Å². The minimum Gasteiger partial charge on any atom is -0.508 e. The van der Waals surface area contributed by atoms with Crippen LogP contribution in [-0.2, 0) is 38.4 Å². The van der Waals surface area contributed by atoms with E-state index in [0.717, 1.165) is 5.56 Å². The lowest BCUT2D eigenvalue weighted by Crippen LogP contribution is -2.57. The van der Waals surface area contributed by atoms with Crippen molar-refractivity contribution in [2.75, 3.05) is 6.54 Å².